The second-order valence-electron chi connectivity index (χ2n) is 4.16. The van der Waals surface area contributed by atoms with E-state index in [1.54, 1.807) is 6.07 Å². The normalized spacial score (nSPS) is 26.5. The standard InChI is InChI=1S/C11H14ClNOS/c1-7-4-8(6-13-5-7)10(14)11-9(12)2-3-15-11/h2-3,7-8,13H,4-6H2,1H3. The molecule has 1 aliphatic heterocycles. The van der Waals surface area contributed by atoms with Crippen molar-refractivity contribution in [1.29, 1.82) is 0 Å². The third-order valence-corrected chi connectivity index (χ3v) is 4.14. The maximum Gasteiger partial charge on any atom is 0.178 e. The molecule has 1 aromatic heterocycles. The first kappa shape index (κ1) is 11.1. The number of hydrogen-bond acceptors (Lipinski definition) is 3. The van der Waals surface area contributed by atoms with Crippen LogP contribution in [0.4, 0.5) is 0 Å². The lowest BCUT2D eigenvalue weighted by atomic mass is 9.88. The largest absolute Gasteiger partial charge is 0.316 e. The Morgan fingerprint density at radius 2 is 2.40 bits per heavy atom. The second kappa shape index (κ2) is 4.64. The number of Topliss-reactive ketones (excluding diaryl/α,β-unsaturated/α-hetero) is 1. The molecular formula is C11H14ClNOS. The highest BCUT2D eigenvalue weighted by Crippen LogP contribution is 2.28. The SMILES string of the molecule is CC1CNCC(C(=O)c2sccc2Cl)C1. The first-order valence-corrected chi connectivity index (χ1v) is 6.42. The lowest BCUT2D eigenvalue weighted by Crippen LogP contribution is -2.38. The van der Waals surface area contributed by atoms with Crippen LogP contribution in [0.5, 0.6) is 0 Å². The average molecular weight is 244 g/mol. The van der Waals surface area contributed by atoms with Gasteiger partial charge in [0.1, 0.15) is 0 Å². The fourth-order valence-corrected chi connectivity index (χ4v) is 3.18. The summed E-state index contributed by atoms with van der Waals surface area (Å²) in [4.78, 5) is 12.8. The van der Waals surface area contributed by atoms with Crippen molar-refractivity contribution >= 4 is 28.7 Å². The summed E-state index contributed by atoms with van der Waals surface area (Å²) >= 11 is 7.40. The van der Waals surface area contributed by atoms with Gasteiger partial charge in [-0.1, -0.05) is 18.5 Å². The van der Waals surface area contributed by atoms with E-state index in [0.29, 0.717) is 10.9 Å². The maximum atomic E-state index is 12.1. The molecule has 1 saturated heterocycles. The van der Waals surface area contributed by atoms with E-state index < -0.39 is 0 Å². The van der Waals surface area contributed by atoms with E-state index in [2.05, 4.69) is 12.2 Å². The molecule has 0 radical (unpaired) electrons. The summed E-state index contributed by atoms with van der Waals surface area (Å²) in [6.07, 6.45) is 0.972. The Kier molecular flexibility index (Phi) is 3.44. The van der Waals surface area contributed by atoms with Crippen LogP contribution in [0.2, 0.25) is 5.02 Å². The molecule has 2 nitrogen and oxygen atoms in total. The van der Waals surface area contributed by atoms with Crippen LogP contribution in [0.1, 0.15) is 23.0 Å². The van der Waals surface area contributed by atoms with Gasteiger partial charge >= 0.3 is 0 Å². The molecule has 2 heterocycles. The predicted octanol–water partition coefficient (Wildman–Crippen LogP) is 2.83. The Bertz CT molecular complexity index is 363. The molecule has 0 amide bonds. The number of nitrogens with one attached hydrogen (secondary N) is 1. The summed E-state index contributed by atoms with van der Waals surface area (Å²) in [5.74, 6) is 0.880. The monoisotopic (exact) mass is 243 g/mol. The number of hydrogen-bond donors (Lipinski definition) is 1. The summed E-state index contributed by atoms with van der Waals surface area (Å²) in [5, 5.41) is 5.76. The van der Waals surface area contributed by atoms with Crippen molar-refractivity contribution in [3.63, 3.8) is 0 Å². The van der Waals surface area contributed by atoms with Crippen LogP contribution in [0, 0.1) is 11.8 Å². The highest BCUT2D eigenvalue weighted by atomic mass is 35.5. The Hall–Kier alpha value is -0.380. The number of rotatable bonds is 2. The fraction of sp³-hybridized carbons (Fsp3) is 0.545. The number of piperidine rings is 1. The molecular weight excluding hydrogens is 230 g/mol. The molecule has 0 bridgehead atoms. The Morgan fingerprint density at radius 3 is 3.00 bits per heavy atom. The van der Waals surface area contributed by atoms with Gasteiger partial charge in [0.05, 0.1) is 9.90 Å². The van der Waals surface area contributed by atoms with Crippen molar-refractivity contribution in [3.05, 3.63) is 21.3 Å². The van der Waals surface area contributed by atoms with Crippen molar-refractivity contribution < 1.29 is 4.79 Å². The zero-order chi connectivity index (χ0) is 10.8. The molecule has 4 heteroatoms. The molecule has 15 heavy (non-hydrogen) atoms. The topological polar surface area (TPSA) is 29.1 Å². The van der Waals surface area contributed by atoms with Gasteiger partial charge < -0.3 is 5.32 Å². The minimum Gasteiger partial charge on any atom is -0.316 e. The van der Waals surface area contributed by atoms with Gasteiger partial charge in [-0.3, -0.25) is 4.79 Å². The molecule has 2 atom stereocenters. The number of carbonyl (C=O) groups is 1. The number of carbonyl (C=O) groups excluding carboxylic acids is 1. The number of halogens is 1. The van der Waals surface area contributed by atoms with Crippen molar-refractivity contribution in [2.75, 3.05) is 13.1 Å². The van der Waals surface area contributed by atoms with Crippen molar-refractivity contribution in [2.45, 2.75) is 13.3 Å². The van der Waals surface area contributed by atoms with Gasteiger partial charge in [-0.05, 0) is 30.3 Å². The first-order chi connectivity index (χ1) is 7.18. The lowest BCUT2D eigenvalue weighted by Gasteiger charge is -2.26. The van der Waals surface area contributed by atoms with Crippen molar-refractivity contribution in [1.82, 2.24) is 5.32 Å². The van der Waals surface area contributed by atoms with E-state index in [0.717, 1.165) is 24.4 Å². The third kappa shape index (κ3) is 2.41. The molecule has 2 rings (SSSR count). The Labute approximate surface area is 98.6 Å². The fourth-order valence-electron chi connectivity index (χ4n) is 2.01. The van der Waals surface area contributed by atoms with E-state index in [1.165, 1.54) is 11.3 Å². The van der Waals surface area contributed by atoms with Crippen LogP contribution < -0.4 is 5.32 Å². The van der Waals surface area contributed by atoms with Crippen LogP contribution in [0.25, 0.3) is 0 Å². The van der Waals surface area contributed by atoms with Crippen LogP contribution >= 0.6 is 22.9 Å². The summed E-state index contributed by atoms with van der Waals surface area (Å²) in [5.41, 5.74) is 0. The molecule has 0 aromatic carbocycles. The Morgan fingerprint density at radius 1 is 1.60 bits per heavy atom. The highest BCUT2D eigenvalue weighted by molar-refractivity contribution is 7.12. The summed E-state index contributed by atoms with van der Waals surface area (Å²) in [6.45, 7) is 3.97. The van der Waals surface area contributed by atoms with E-state index in [1.807, 2.05) is 5.38 Å². The quantitative estimate of drug-likeness (QED) is 0.810. The van der Waals surface area contributed by atoms with E-state index >= 15 is 0 Å². The van der Waals surface area contributed by atoms with Gasteiger partial charge in [0, 0.05) is 12.5 Å². The van der Waals surface area contributed by atoms with Crippen LogP contribution in [-0.2, 0) is 0 Å². The van der Waals surface area contributed by atoms with Gasteiger partial charge in [-0.25, -0.2) is 0 Å². The predicted molar refractivity (Wildman–Crippen MR) is 63.8 cm³/mol. The van der Waals surface area contributed by atoms with Gasteiger partial charge in [0.25, 0.3) is 0 Å². The van der Waals surface area contributed by atoms with Crippen LogP contribution in [0.15, 0.2) is 11.4 Å². The summed E-state index contributed by atoms with van der Waals surface area (Å²) in [7, 11) is 0. The van der Waals surface area contributed by atoms with Gasteiger partial charge in [-0.15, -0.1) is 11.3 Å². The zero-order valence-corrected chi connectivity index (χ0v) is 10.2. The average Bonchev–Trinajstić information content (AvgIpc) is 2.63. The smallest absolute Gasteiger partial charge is 0.178 e. The molecule has 0 saturated carbocycles. The minimum atomic E-state index is 0.102. The molecule has 1 N–H and O–H groups in total. The van der Waals surface area contributed by atoms with Crippen molar-refractivity contribution in [2.24, 2.45) is 11.8 Å². The van der Waals surface area contributed by atoms with Crippen LogP contribution in [-0.4, -0.2) is 18.9 Å². The summed E-state index contributed by atoms with van der Waals surface area (Å²) < 4.78 is 0. The van der Waals surface area contributed by atoms with Crippen LogP contribution in [0.3, 0.4) is 0 Å². The lowest BCUT2D eigenvalue weighted by molar-refractivity contribution is 0.0886. The van der Waals surface area contributed by atoms with Gasteiger partial charge in [0.15, 0.2) is 5.78 Å². The molecule has 1 aliphatic rings. The summed E-state index contributed by atoms with van der Waals surface area (Å²) in [6, 6.07) is 1.79. The number of thiophene rings is 1. The second-order valence-corrected chi connectivity index (χ2v) is 5.48. The molecule has 2 unspecified atom stereocenters. The van der Waals surface area contributed by atoms with E-state index in [9.17, 15) is 4.79 Å². The molecule has 1 fully saturated rings. The molecule has 0 spiro atoms. The minimum absolute atomic E-state index is 0.102. The Balaban J connectivity index is 2.11. The van der Waals surface area contributed by atoms with E-state index in [4.69, 9.17) is 11.6 Å². The molecule has 82 valence electrons. The highest BCUT2D eigenvalue weighted by Gasteiger charge is 2.27. The molecule has 1 aromatic rings. The van der Waals surface area contributed by atoms with E-state index in [-0.39, 0.29) is 11.7 Å². The van der Waals surface area contributed by atoms with Gasteiger partial charge in [-0.2, -0.15) is 0 Å². The van der Waals surface area contributed by atoms with Gasteiger partial charge in [0.2, 0.25) is 0 Å². The zero-order valence-electron chi connectivity index (χ0n) is 8.63. The number of ketones is 1. The third-order valence-electron chi connectivity index (χ3n) is 2.78. The van der Waals surface area contributed by atoms with Crippen molar-refractivity contribution in [3.8, 4) is 0 Å². The maximum absolute atomic E-state index is 12.1. The first-order valence-electron chi connectivity index (χ1n) is 5.16. The molecule has 0 aliphatic carbocycles.